The maximum Gasteiger partial charge on any atom is 0.410 e. The van der Waals surface area contributed by atoms with Crippen molar-refractivity contribution in [2.75, 3.05) is 59.4 Å². The van der Waals surface area contributed by atoms with E-state index in [2.05, 4.69) is 38.6 Å². The minimum absolute atomic E-state index is 0.00634. The number of carbonyl (C=O) groups excluding carboxylic acids is 1. The molecule has 6 unspecified atom stereocenters. The number of hydrogen-bond acceptors (Lipinski definition) is 12. The summed E-state index contributed by atoms with van der Waals surface area (Å²) in [5, 5.41) is 34.5. The van der Waals surface area contributed by atoms with Crippen LogP contribution in [0.25, 0.3) is 0 Å². The Bertz CT molecular complexity index is 2080. The lowest BCUT2D eigenvalue weighted by Crippen LogP contribution is -2.70. The first-order valence-corrected chi connectivity index (χ1v) is 23.7. The van der Waals surface area contributed by atoms with E-state index in [-0.39, 0.29) is 83.6 Å². The fourth-order valence-electron chi connectivity index (χ4n) is 9.56. The highest BCUT2D eigenvalue weighted by Gasteiger charge is 2.65. The highest BCUT2D eigenvalue weighted by molar-refractivity contribution is 6.03. The van der Waals surface area contributed by atoms with E-state index in [1.54, 1.807) is 11.0 Å². The molecule has 1 fully saturated rings. The number of oxime groups is 1. The van der Waals surface area contributed by atoms with Crippen LogP contribution >= 0.6 is 0 Å². The van der Waals surface area contributed by atoms with Gasteiger partial charge in [0, 0.05) is 37.7 Å². The number of benzene rings is 3. The van der Waals surface area contributed by atoms with Crippen LogP contribution < -0.4 is 9.47 Å². The van der Waals surface area contributed by atoms with Gasteiger partial charge in [0.1, 0.15) is 35.5 Å². The zero-order chi connectivity index (χ0) is 47.1. The summed E-state index contributed by atoms with van der Waals surface area (Å²) >= 11 is 0. The van der Waals surface area contributed by atoms with Gasteiger partial charge in [-0.1, -0.05) is 66.5 Å². The molecule has 13 nitrogen and oxygen atoms in total. The molecule has 0 spiro atoms. The van der Waals surface area contributed by atoms with Crippen molar-refractivity contribution < 1.29 is 53.4 Å². The van der Waals surface area contributed by atoms with Crippen LogP contribution in [0.5, 0.6) is 17.2 Å². The van der Waals surface area contributed by atoms with Gasteiger partial charge in [-0.05, 0) is 125 Å². The summed E-state index contributed by atoms with van der Waals surface area (Å²) in [7, 11) is 0. The number of carbonyl (C=O) groups is 1. The summed E-state index contributed by atoms with van der Waals surface area (Å²) in [6.07, 6.45) is 8.08. The average molecular weight is 913 g/mol. The van der Waals surface area contributed by atoms with Gasteiger partial charge in [0.15, 0.2) is 0 Å². The van der Waals surface area contributed by atoms with Crippen molar-refractivity contribution in [3.63, 3.8) is 0 Å². The van der Waals surface area contributed by atoms with Crippen molar-refractivity contribution in [3.05, 3.63) is 113 Å². The van der Waals surface area contributed by atoms with Gasteiger partial charge in [-0.25, -0.2) is 4.79 Å². The molecule has 3 aromatic rings. The van der Waals surface area contributed by atoms with Crippen molar-refractivity contribution in [3.8, 4) is 17.2 Å². The largest absolute Gasteiger partial charge is 0.459 e. The number of aliphatic hydroxyl groups is 3. The molecule has 360 valence electrons. The van der Waals surface area contributed by atoms with Crippen LogP contribution in [0, 0.1) is 31.6 Å². The summed E-state index contributed by atoms with van der Waals surface area (Å²) in [5.41, 5.74) is 5.20. The van der Waals surface area contributed by atoms with E-state index in [0.29, 0.717) is 36.7 Å². The number of amides is 1. The predicted octanol–water partition coefficient (Wildman–Crippen LogP) is 9.19. The third-order valence-electron chi connectivity index (χ3n) is 12.7. The molecule has 1 amide bonds. The van der Waals surface area contributed by atoms with Crippen LogP contribution in [-0.2, 0) is 30.4 Å². The van der Waals surface area contributed by atoms with E-state index in [0.717, 1.165) is 53.7 Å². The highest BCUT2D eigenvalue weighted by atomic mass is 16.7. The Kier molecular flexibility index (Phi) is 18.7. The van der Waals surface area contributed by atoms with Crippen LogP contribution in [0.2, 0.25) is 0 Å². The third kappa shape index (κ3) is 12.8. The van der Waals surface area contributed by atoms with Crippen LogP contribution in [0.3, 0.4) is 0 Å². The van der Waals surface area contributed by atoms with E-state index in [1.807, 2.05) is 75.4 Å². The normalized spacial score (nSPS) is 22.7. The second-order valence-corrected chi connectivity index (χ2v) is 18.5. The van der Waals surface area contributed by atoms with Crippen molar-refractivity contribution in [2.24, 2.45) is 22.9 Å². The maximum atomic E-state index is 14.7. The van der Waals surface area contributed by atoms with E-state index in [9.17, 15) is 20.1 Å². The summed E-state index contributed by atoms with van der Waals surface area (Å²) in [6.45, 7) is 14.9. The van der Waals surface area contributed by atoms with Gasteiger partial charge in [0.25, 0.3) is 0 Å². The van der Waals surface area contributed by atoms with Gasteiger partial charge < -0.3 is 48.6 Å². The molecule has 1 saturated carbocycles. The smallest absolute Gasteiger partial charge is 0.410 e. The number of allylic oxidation sites excluding steroid dienone is 1. The molecule has 6 rings (SSSR count). The van der Waals surface area contributed by atoms with Gasteiger partial charge in [0.05, 0.1) is 51.3 Å². The number of aliphatic hydroxyl groups excluding tert-OH is 3. The minimum atomic E-state index is -1.50. The summed E-state index contributed by atoms with van der Waals surface area (Å²) in [5.74, 6) is -0.228. The standard InChI is InChI=1S/C53H72N2O11/c1-7-27-63-53-48(55(23-28-60-29-26-58)51(59)62-31-30-61-36-39-15-9-8-10-16-39)35-46(54-66-52(4,5)6)44-33-40(17-11-13-24-56)43(18-12-14-25-57)49(50(44)53)45-34-42(21-22-47(45)65-53)64-41-20-19-37(2)38(3)32-41/h7-10,15-16,19-22,32-34,40,43,48-50,56-58H,1,11-14,17-18,23-31,35-36H2,2-6H3. The molecule has 3 aliphatic rings. The monoisotopic (exact) mass is 913 g/mol. The third-order valence-corrected chi connectivity index (χ3v) is 12.7. The van der Waals surface area contributed by atoms with Crippen LogP contribution in [0.4, 0.5) is 4.79 Å². The molecule has 1 aliphatic heterocycles. The van der Waals surface area contributed by atoms with Crippen molar-refractivity contribution in [1.82, 2.24) is 4.90 Å². The molecule has 0 bridgehead atoms. The average Bonchev–Trinajstić information content (AvgIpc) is 3.30. The Balaban J connectivity index is 1.51. The van der Waals surface area contributed by atoms with E-state index in [4.69, 9.17) is 38.4 Å². The first-order chi connectivity index (χ1) is 31.9. The summed E-state index contributed by atoms with van der Waals surface area (Å²) in [6, 6.07) is 20.9. The first kappa shape index (κ1) is 50.6. The van der Waals surface area contributed by atoms with Crippen molar-refractivity contribution in [2.45, 2.75) is 110 Å². The zero-order valence-corrected chi connectivity index (χ0v) is 39.6. The number of nitrogens with zero attached hydrogens (tertiary/aromatic N) is 2. The Morgan fingerprint density at radius 2 is 1.62 bits per heavy atom. The molecule has 0 saturated heterocycles. The molecule has 0 aromatic heterocycles. The van der Waals surface area contributed by atoms with Gasteiger partial charge in [-0.2, -0.15) is 0 Å². The molecule has 66 heavy (non-hydrogen) atoms. The number of ether oxygens (including phenoxy) is 6. The second kappa shape index (κ2) is 24.3. The number of hydrogen-bond donors (Lipinski definition) is 3. The highest BCUT2D eigenvalue weighted by Crippen LogP contribution is 2.62. The Hall–Kier alpha value is -4.76. The van der Waals surface area contributed by atoms with Crippen molar-refractivity contribution in [1.29, 1.82) is 0 Å². The molecule has 3 N–H and O–H groups in total. The van der Waals surface area contributed by atoms with E-state index >= 15 is 0 Å². The van der Waals surface area contributed by atoms with Crippen LogP contribution in [0.15, 0.2) is 96.2 Å². The zero-order valence-electron chi connectivity index (χ0n) is 39.6. The molecule has 6 atom stereocenters. The van der Waals surface area contributed by atoms with Crippen LogP contribution in [0.1, 0.15) is 93.9 Å². The van der Waals surface area contributed by atoms with E-state index in [1.165, 1.54) is 5.56 Å². The quantitative estimate of drug-likeness (QED) is 0.0423. The number of fused-ring (bicyclic) bond motifs is 2. The Morgan fingerprint density at radius 1 is 0.879 bits per heavy atom. The predicted molar refractivity (Wildman–Crippen MR) is 254 cm³/mol. The van der Waals surface area contributed by atoms with Crippen molar-refractivity contribution >= 4 is 11.8 Å². The maximum absolute atomic E-state index is 14.7. The number of unbranched alkanes of at least 4 members (excludes halogenated alkanes) is 2. The second-order valence-electron chi connectivity index (χ2n) is 18.5. The Labute approximate surface area is 391 Å². The molecule has 2 aliphatic carbocycles. The molecule has 3 aromatic carbocycles. The molecule has 13 heteroatoms. The van der Waals surface area contributed by atoms with Gasteiger partial charge >= 0.3 is 6.09 Å². The molecular weight excluding hydrogens is 841 g/mol. The van der Waals surface area contributed by atoms with Gasteiger partial charge in [0.2, 0.25) is 5.79 Å². The molecule has 1 heterocycles. The minimum Gasteiger partial charge on any atom is -0.459 e. The number of aryl methyl sites for hydroxylation is 2. The Morgan fingerprint density at radius 3 is 2.33 bits per heavy atom. The summed E-state index contributed by atoms with van der Waals surface area (Å²) < 4.78 is 38.8. The van der Waals surface area contributed by atoms with Gasteiger partial charge in [-0.3, -0.25) is 4.90 Å². The topological polar surface area (TPSA) is 158 Å². The molecule has 0 radical (unpaired) electrons. The lowest BCUT2D eigenvalue weighted by molar-refractivity contribution is -0.256. The van der Waals surface area contributed by atoms with Gasteiger partial charge in [-0.15, -0.1) is 6.58 Å². The van der Waals surface area contributed by atoms with Crippen LogP contribution in [-0.4, -0.2) is 109 Å². The lowest BCUT2D eigenvalue weighted by atomic mass is 9.55. The van der Waals surface area contributed by atoms with E-state index < -0.39 is 29.4 Å². The fourth-order valence-corrected chi connectivity index (χ4v) is 9.56. The SMILES string of the molecule is C=CCOC12Oc3ccc(Oc4ccc(C)c(C)c4)cc3C3C(CCCCO)C(CCCCO)C=C(C(=NOC(C)(C)C)CC1N(CCOCCO)C(=O)OCCOCc1ccccc1)C32. The molecular formula is C53H72N2O11. The summed E-state index contributed by atoms with van der Waals surface area (Å²) in [4.78, 5) is 22.6. The first-order valence-electron chi connectivity index (χ1n) is 23.7. The lowest BCUT2D eigenvalue weighted by Gasteiger charge is -2.59. The fraction of sp³-hybridized carbons (Fsp3) is 0.547. The number of rotatable bonds is 25.